The van der Waals surface area contributed by atoms with Gasteiger partial charge in [0, 0.05) is 24.1 Å². The minimum Gasteiger partial charge on any atom is -0.493 e. The molecule has 33 heavy (non-hydrogen) atoms. The van der Waals surface area contributed by atoms with Gasteiger partial charge in [-0.15, -0.1) is 11.8 Å². The van der Waals surface area contributed by atoms with Gasteiger partial charge in [0.05, 0.1) is 27.0 Å². The highest BCUT2D eigenvalue weighted by Gasteiger charge is 2.21. The van der Waals surface area contributed by atoms with Gasteiger partial charge < -0.3 is 18.7 Å². The van der Waals surface area contributed by atoms with E-state index in [0.717, 1.165) is 17.3 Å². The average molecular weight is 472 g/mol. The Bertz CT molecular complexity index is 1210. The number of methoxy groups -OCH3 is 3. The van der Waals surface area contributed by atoms with Crippen LogP contribution in [0, 0.1) is 12.7 Å². The first-order valence-electron chi connectivity index (χ1n) is 9.52. The second kappa shape index (κ2) is 10.7. The smallest absolute Gasteiger partial charge is 0.434 e. The standard InChI is InChI=1S/C22H21FN4O5S/c1-12-24-20(27-32-12)13-6-8-14(9-7-13)25-19(21(33-5)26-22(28)31-4)15-10-17(29-2)18(30-3)11-16(15)23/h6-11H,1-5H3/b25-19?,26-21-. The minimum atomic E-state index is -0.837. The fourth-order valence-corrected chi connectivity index (χ4v) is 3.33. The molecule has 0 saturated carbocycles. The van der Waals surface area contributed by atoms with E-state index in [4.69, 9.17) is 14.0 Å². The molecule has 9 nitrogen and oxygen atoms in total. The highest BCUT2D eigenvalue weighted by atomic mass is 32.2. The molecule has 11 heteroatoms. The molecule has 0 aliphatic rings. The normalized spacial score (nSPS) is 11.9. The Hall–Kier alpha value is -3.73. The van der Waals surface area contributed by atoms with Gasteiger partial charge in [-0.2, -0.15) is 9.98 Å². The van der Waals surface area contributed by atoms with Gasteiger partial charge in [0.15, 0.2) is 11.5 Å². The number of nitrogens with zero attached hydrogens (tertiary/aromatic N) is 4. The molecule has 0 N–H and O–H groups in total. The first-order chi connectivity index (χ1) is 15.9. The van der Waals surface area contributed by atoms with Crippen LogP contribution in [-0.2, 0) is 4.74 Å². The van der Waals surface area contributed by atoms with Crippen LogP contribution >= 0.6 is 11.8 Å². The number of thioether (sulfide) groups is 1. The van der Waals surface area contributed by atoms with Gasteiger partial charge in [0.25, 0.3) is 0 Å². The van der Waals surface area contributed by atoms with Crippen molar-refractivity contribution in [2.75, 3.05) is 27.6 Å². The number of ether oxygens (including phenoxy) is 3. The molecule has 2 aromatic carbocycles. The molecule has 0 saturated heterocycles. The molecule has 0 unspecified atom stereocenters. The number of aliphatic imine (C=N–C) groups is 2. The Morgan fingerprint density at radius 3 is 2.30 bits per heavy atom. The lowest BCUT2D eigenvalue weighted by Crippen LogP contribution is -2.16. The number of hydrogen-bond acceptors (Lipinski definition) is 9. The van der Waals surface area contributed by atoms with Crippen LogP contribution in [0.5, 0.6) is 11.5 Å². The highest BCUT2D eigenvalue weighted by molar-refractivity contribution is 8.15. The Morgan fingerprint density at radius 1 is 1.09 bits per heavy atom. The molecular weight excluding hydrogens is 451 g/mol. The number of aromatic nitrogens is 2. The fraction of sp³-hybridized carbons (Fsp3) is 0.227. The molecule has 0 atom stereocenters. The quantitative estimate of drug-likeness (QED) is 0.370. The maximum atomic E-state index is 15.1. The van der Waals surface area contributed by atoms with Crippen LogP contribution in [0.1, 0.15) is 11.5 Å². The summed E-state index contributed by atoms with van der Waals surface area (Å²) in [6.07, 6.45) is 0.855. The molecule has 1 heterocycles. The van der Waals surface area contributed by atoms with Gasteiger partial charge in [-0.25, -0.2) is 14.2 Å². The lowest BCUT2D eigenvalue weighted by Gasteiger charge is -2.13. The van der Waals surface area contributed by atoms with Crippen LogP contribution in [-0.4, -0.2) is 54.6 Å². The molecule has 0 aliphatic carbocycles. The molecule has 0 spiro atoms. The summed E-state index contributed by atoms with van der Waals surface area (Å²) in [6.45, 7) is 1.70. The van der Waals surface area contributed by atoms with Gasteiger partial charge in [-0.05, 0) is 36.6 Å². The van der Waals surface area contributed by atoms with E-state index in [1.165, 1.54) is 33.5 Å². The second-order valence-electron chi connectivity index (χ2n) is 6.42. The number of aryl methyl sites for hydroxylation is 1. The summed E-state index contributed by atoms with van der Waals surface area (Å²) in [5.41, 5.74) is 1.39. The predicted molar refractivity (Wildman–Crippen MR) is 124 cm³/mol. The molecular formula is C22H21FN4O5S. The molecule has 172 valence electrons. The van der Waals surface area contributed by atoms with Crippen LogP contribution in [0.2, 0.25) is 0 Å². The highest BCUT2D eigenvalue weighted by Crippen LogP contribution is 2.32. The monoisotopic (exact) mass is 472 g/mol. The van der Waals surface area contributed by atoms with Crippen molar-refractivity contribution in [3.63, 3.8) is 0 Å². The predicted octanol–water partition coefficient (Wildman–Crippen LogP) is 4.85. The number of rotatable bonds is 6. The van der Waals surface area contributed by atoms with Gasteiger partial charge in [0.2, 0.25) is 11.7 Å². The number of hydrogen-bond donors (Lipinski definition) is 0. The van der Waals surface area contributed by atoms with Crippen molar-refractivity contribution in [1.29, 1.82) is 0 Å². The van der Waals surface area contributed by atoms with E-state index in [0.29, 0.717) is 23.2 Å². The summed E-state index contributed by atoms with van der Waals surface area (Å²) in [4.78, 5) is 24.5. The molecule has 1 aromatic heterocycles. The summed E-state index contributed by atoms with van der Waals surface area (Å²) in [5, 5.41) is 4.04. The minimum absolute atomic E-state index is 0.0718. The Morgan fingerprint density at radius 2 is 1.76 bits per heavy atom. The lowest BCUT2D eigenvalue weighted by atomic mass is 10.1. The topological polar surface area (TPSA) is 108 Å². The van der Waals surface area contributed by atoms with E-state index in [1.54, 1.807) is 37.4 Å². The van der Waals surface area contributed by atoms with Crippen molar-refractivity contribution < 1.29 is 27.9 Å². The molecule has 1 amide bonds. The summed E-state index contributed by atoms with van der Waals surface area (Å²) in [6, 6.07) is 9.53. The van der Waals surface area contributed by atoms with Crippen molar-refractivity contribution in [2.24, 2.45) is 9.98 Å². The van der Waals surface area contributed by atoms with Gasteiger partial charge in [-0.1, -0.05) is 5.16 Å². The number of halogens is 1. The van der Waals surface area contributed by atoms with E-state index >= 15 is 4.39 Å². The summed E-state index contributed by atoms with van der Waals surface area (Å²) < 4.78 is 35.2. The third-order valence-corrected chi connectivity index (χ3v) is 5.06. The average Bonchev–Trinajstić information content (AvgIpc) is 3.27. The summed E-state index contributed by atoms with van der Waals surface area (Å²) in [7, 11) is 4.05. The van der Waals surface area contributed by atoms with Crippen molar-refractivity contribution >= 4 is 34.3 Å². The summed E-state index contributed by atoms with van der Waals surface area (Å²) in [5.74, 6) is 0.765. The second-order valence-corrected chi connectivity index (χ2v) is 7.22. The van der Waals surface area contributed by atoms with E-state index in [2.05, 4.69) is 24.9 Å². The van der Waals surface area contributed by atoms with E-state index in [1.807, 2.05) is 0 Å². The Kier molecular flexibility index (Phi) is 7.78. The maximum Gasteiger partial charge on any atom is 0.434 e. The van der Waals surface area contributed by atoms with Gasteiger partial charge in [-0.3, -0.25) is 0 Å². The molecule has 0 fully saturated rings. The maximum absolute atomic E-state index is 15.1. The third-order valence-electron chi connectivity index (χ3n) is 4.39. The Balaban J connectivity index is 2.14. The van der Waals surface area contributed by atoms with Crippen molar-refractivity contribution in [2.45, 2.75) is 6.92 Å². The van der Waals surface area contributed by atoms with Crippen LogP contribution in [0.25, 0.3) is 11.4 Å². The largest absolute Gasteiger partial charge is 0.493 e. The van der Waals surface area contributed by atoms with E-state index < -0.39 is 11.9 Å². The zero-order chi connectivity index (χ0) is 24.0. The van der Waals surface area contributed by atoms with E-state index in [9.17, 15) is 4.79 Å². The Labute approximate surface area is 193 Å². The zero-order valence-corrected chi connectivity index (χ0v) is 19.4. The zero-order valence-electron chi connectivity index (χ0n) is 18.6. The van der Waals surface area contributed by atoms with Crippen LogP contribution in [0.15, 0.2) is 50.9 Å². The first-order valence-corrected chi connectivity index (χ1v) is 10.7. The molecule has 3 aromatic rings. The summed E-state index contributed by atoms with van der Waals surface area (Å²) >= 11 is 1.12. The van der Waals surface area contributed by atoms with Crippen molar-refractivity contribution in [3.05, 3.63) is 53.7 Å². The molecule has 0 radical (unpaired) electrons. The van der Waals surface area contributed by atoms with Gasteiger partial charge in [0.1, 0.15) is 16.6 Å². The number of carbonyl (C=O) groups is 1. The fourth-order valence-electron chi connectivity index (χ4n) is 2.81. The SMILES string of the molecule is COC(=O)/N=C(\SC)C(=Nc1ccc(-c2noc(C)n2)cc1)c1cc(OC)c(OC)cc1F. The number of amides is 1. The number of benzene rings is 2. The van der Waals surface area contributed by atoms with Crippen molar-refractivity contribution in [3.8, 4) is 22.9 Å². The van der Waals surface area contributed by atoms with Crippen molar-refractivity contribution in [1.82, 2.24) is 10.1 Å². The first kappa shape index (κ1) is 23.9. The van der Waals surface area contributed by atoms with Crippen LogP contribution in [0.3, 0.4) is 0 Å². The molecule has 3 rings (SSSR count). The lowest BCUT2D eigenvalue weighted by molar-refractivity contribution is 0.183. The number of carbonyl (C=O) groups excluding carboxylic acids is 1. The van der Waals surface area contributed by atoms with Crippen LogP contribution in [0.4, 0.5) is 14.9 Å². The molecule has 0 bridgehead atoms. The third kappa shape index (κ3) is 5.55. The van der Waals surface area contributed by atoms with Crippen LogP contribution < -0.4 is 9.47 Å². The van der Waals surface area contributed by atoms with E-state index in [-0.39, 0.29) is 22.1 Å². The molecule has 0 aliphatic heterocycles. The van der Waals surface area contributed by atoms with Gasteiger partial charge >= 0.3 is 6.09 Å².